The number of methoxy groups -OCH3 is 1. The number of benzene rings is 1. The number of non-ortho nitro benzene ring substituents is 1. The third-order valence-electron chi connectivity index (χ3n) is 3.31. The molecule has 5 nitrogen and oxygen atoms in total. The van der Waals surface area contributed by atoms with Crippen LogP contribution in [0.3, 0.4) is 0 Å². The number of hydrogen-bond donors (Lipinski definition) is 1. The lowest BCUT2D eigenvalue weighted by atomic mass is 10.1. The SMILES string of the molecule is COCC(Nc1cc([N+](=O)[O-])ccc1C)C1CC1. The number of nitro benzene ring substituents is 1. The van der Waals surface area contributed by atoms with Crippen LogP contribution >= 0.6 is 0 Å². The lowest BCUT2D eigenvalue weighted by Gasteiger charge is -2.19. The van der Waals surface area contributed by atoms with E-state index in [0.717, 1.165) is 11.3 Å². The Morgan fingerprint density at radius 3 is 2.83 bits per heavy atom. The fraction of sp³-hybridized carbons (Fsp3) is 0.538. The number of rotatable bonds is 6. The van der Waals surface area contributed by atoms with E-state index in [9.17, 15) is 10.1 Å². The predicted molar refractivity (Wildman–Crippen MR) is 69.8 cm³/mol. The summed E-state index contributed by atoms with van der Waals surface area (Å²) in [7, 11) is 1.68. The minimum absolute atomic E-state index is 0.120. The van der Waals surface area contributed by atoms with Gasteiger partial charge in [-0.1, -0.05) is 6.07 Å². The summed E-state index contributed by atoms with van der Waals surface area (Å²) >= 11 is 0. The van der Waals surface area contributed by atoms with Crippen LogP contribution in [0.1, 0.15) is 18.4 Å². The maximum absolute atomic E-state index is 10.8. The Kier molecular flexibility index (Phi) is 3.81. The number of nitrogens with zero attached hydrogens (tertiary/aromatic N) is 1. The Bertz CT molecular complexity index is 444. The molecule has 1 aliphatic carbocycles. The third kappa shape index (κ3) is 2.98. The van der Waals surface area contributed by atoms with Crippen molar-refractivity contribution in [1.82, 2.24) is 0 Å². The average Bonchev–Trinajstić information content (AvgIpc) is 3.14. The van der Waals surface area contributed by atoms with Gasteiger partial charge < -0.3 is 10.1 Å². The Morgan fingerprint density at radius 1 is 1.56 bits per heavy atom. The van der Waals surface area contributed by atoms with E-state index < -0.39 is 0 Å². The molecule has 18 heavy (non-hydrogen) atoms. The number of ether oxygens (including phenoxy) is 1. The third-order valence-corrected chi connectivity index (χ3v) is 3.31. The van der Waals surface area contributed by atoms with Gasteiger partial charge in [-0.15, -0.1) is 0 Å². The van der Waals surface area contributed by atoms with Crippen molar-refractivity contribution in [2.45, 2.75) is 25.8 Å². The summed E-state index contributed by atoms with van der Waals surface area (Å²) in [6, 6.07) is 5.15. The van der Waals surface area contributed by atoms with E-state index in [0.29, 0.717) is 12.5 Å². The fourth-order valence-corrected chi connectivity index (χ4v) is 2.05. The quantitative estimate of drug-likeness (QED) is 0.622. The minimum atomic E-state index is -0.368. The molecular weight excluding hydrogens is 232 g/mol. The lowest BCUT2D eigenvalue weighted by molar-refractivity contribution is -0.384. The monoisotopic (exact) mass is 250 g/mol. The maximum atomic E-state index is 10.8. The molecule has 1 atom stereocenters. The molecule has 1 aliphatic rings. The predicted octanol–water partition coefficient (Wildman–Crippen LogP) is 2.74. The molecule has 1 fully saturated rings. The topological polar surface area (TPSA) is 64.4 Å². The summed E-state index contributed by atoms with van der Waals surface area (Å²) in [5, 5.41) is 14.2. The highest BCUT2D eigenvalue weighted by molar-refractivity contribution is 5.57. The van der Waals surface area contributed by atoms with E-state index in [1.54, 1.807) is 19.2 Å². The van der Waals surface area contributed by atoms with Crippen molar-refractivity contribution >= 4 is 11.4 Å². The molecule has 1 saturated carbocycles. The summed E-state index contributed by atoms with van der Waals surface area (Å²) in [6.07, 6.45) is 2.41. The van der Waals surface area contributed by atoms with Gasteiger partial charge in [0.05, 0.1) is 17.6 Å². The summed E-state index contributed by atoms with van der Waals surface area (Å²) in [4.78, 5) is 10.4. The zero-order valence-corrected chi connectivity index (χ0v) is 10.7. The van der Waals surface area contributed by atoms with Crippen molar-refractivity contribution in [3.8, 4) is 0 Å². The van der Waals surface area contributed by atoms with Gasteiger partial charge in [0.1, 0.15) is 0 Å². The molecule has 0 aromatic heterocycles. The second-order valence-corrected chi connectivity index (χ2v) is 4.80. The van der Waals surface area contributed by atoms with E-state index >= 15 is 0 Å². The first-order chi connectivity index (χ1) is 8.61. The Balaban J connectivity index is 2.15. The highest BCUT2D eigenvalue weighted by Gasteiger charge is 2.31. The summed E-state index contributed by atoms with van der Waals surface area (Å²) in [5.41, 5.74) is 1.97. The van der Waals surface area contributed by atoms with Crippen LogP contribution < -0.4 is 5.32 Å². The number of anilines is 1. The molecule has 0 heterocycles. The molecule has 0 saturated heterocycles. The average molecular weight is 250 g/mol. The molecule has 98 valence electrons. The van der Waals surface area contributed by atoms with Gasteiger partial charge in [0.15, 0.2) is 0 Å². The van der Waals surface area contributed by atoms with Gasteiger partial charge in [-0.25, -0.2) is 0 Å². The van der Waals surface area contributed by atoms with Crippen molar-refractivity contribution in [2.75, 3.05) is 19.0 Å². The summed E-state index contributed by atoms with van der Waals surface area (Å²) in [6.45, 7) is 2.58. The van der Waals surface area contributed by atoms with Gasteiger partial charge in [0.2, 0.25) is 0 Å². The normalized spacial score (nSPS) is 16.3. The van der Waals surface area contributed by atoms with Crippen molar-refractivity contribution in [1.29, 1.82) is 0 Å². The molecule has 0 amide bonds. The molecule has 0 spiro atoms. The van der Waals surface area contributed by atoms with Crippen LogP contribution in [0.15, 0.2) is 18.2 Å². The van der Waals surface area contributed by atoms with Crippen LogP contribution in [0.2, 0.25) is 0 Å². The van der Waals surface area contributed by atoms with Crippen molar-refractivity contribution in [3.05, 3.63) is 33.9 Å². The Hall–Kier alpha value is -1.62. The number of nitrogens with one attached hydrogen (secondary N) is 1. The van der Waals surface area contributed by atoms with Gasteiger partial charge in [-0.05, 0) is 31.2 Å². The van der Waals surface area contributed by atoms with Crippen LogP contribution in [0.5, 0.6) is 0 Å². The molecular formula is C13H18N2O3. The summed E-state index contributed by atoms with van der Waals surface area (Å²) in [5.74, 6) is 0.628. The van der Waals surface area contributed by atoms with Crippen molar-refractivity contribution in [2.24, 2.45) is 5.92 Å². The highest BCUT2D eigenvalue weighted by Crippen LogP contribution is 2.35. The zero-order chi connectivity index (χ0) is 13.1. The lowest BCUT2D eigenvalue weighted by Crippen LogP contribution is -2.27. The van der Waals surface area contributed by atoms with E-state index in [1.807, 2.05) is 6.92 Å². The van der Waals surface area contributed by atoms with E-state index in [1.165, 1.54) is 18.9 Å². The molecule has 1 aromatic rings. The summed E-state index contributed by atoms with van der Waals surface area (Å²) < 4.78 is 5.20. The van der Waals surface area contributed by atoms with Crippen LogP contribution in [0, 0.1) is 23.0 Å². The van der Waals surface area contributed by atoms with E-state index in [2.05, 4.69) is 5.32 Å². The number of nitro groups is 1. The van der Waals surface area contributed by atoms with Gasteiger partial charge in [0.25, 0.3) is 5.69 Å². The smallest absolute Gasteiger partial charge is 0.271 e. The molecule has 1 aromatic carbocycles. The van der Waals surface area contributed by atoms with Crippen molar-refractivity contribution in [3.63, 3.8) is 0 Å². The van der Waals surface area contributed by atoms with Gasteiger partial charge in [-0.2, -0.15) is 0 Å². The second kappa shape index (κ2) is 5.35. The second-order valence-electron chi connectivity index (χ2n) is 4.80. The van der Waals surface area contributed by atoms with Gasteiger partial charge >= 0.3 is 0 Å². The van der Waals surface area contributed by atoms with Gasteiger partial charge in [-0.3, -0.25) is 10.1 Å². The molecule has 0 bridgehead atoms. The first kappa shape index (κ1) is 12.8. The number of hydrogen-bond acceptors (Lipinski definition) is 4. The van der Waals surface area contributed by atoms with E-state index in [-0.39, 0.29) is 16.7 Å². The first-order valence-corrected chi connectivity index (χ1v) is 6.12. The maximum Gasteiger partial charge on any atom is 0.271 e. The Labute approximate surface area is 106 Å². The number of aryl methyl sites for hydroxylation is 1. The fourth-order valence-electron chi connectivity index (χ4n) is 2.05. The molecule has 1 unspecified atom stereocenters. The zero-order valence-electron chi connectivity index (χ0n) is 10.7. The van der Waals surface area contributed by atoms with Crippen LogP contribution in [0.25, 0.3) is 0 Å². The molecule has 0 aliphatic heterocycles. The van der Waals surface area contributed by atoms with E-state index in [4.69, 9.17) is 4.74 Å². The minimum Gasteiger partial charge on any atom is -0.383 e. The largest absolute Gasteiger partial charge is 0.383 e. The first-order valence-electron chi connectivity index (χ1n) is 6.12. The standard InChI is InChI=1S/C13H18N2O3/c1-9-3-6-11(15(16)17)7-12(9)14-13(8-18-2)10-4-5-10/h3,6-7,10,13-14H,4-5,8H2,1-2H3. The molecule has 0 radical (unpaired) electrons. The Morgan fingerprint density at radius 2 is 2.28 bits per heavy atom. The molecule has 5 heteroatoms. The van der Waals surface area contributed by atoms with Crippen molar-refractivity contribution < 1.29 is 9.66 Å². The highest BCUT2D eigenvalue weighted by atomic mass is 16.6. The van der Waals surface area contributed by atoms with Gasteiger partial charge in [0, 0.05) is 24.9 Å². The van der Waals surface area contributed by atoms with Crippen LogP contribution in [0.4, 0.5) is 11.4 Å². The van der Waals surface area contributed by atoms with Crippen LogP contribution in [-0.2, 0) is 4.74 Å². The molecule has 2 rings (SSSR count). The molecule has 1 N–H and O–H groups in total. The van der Waals surface area contributed by atoms with Crippen LogP contribution in [-0.4, -0.2) is 24.7 Å².